The van der Waals surface area contributed by atoms with Crippen LogP contribution in [0.3, 0.4) is 0 Å². The third-order valence-electron chi connectivity index (χ3n) is 6.27. The van der Waals surface area contributed by atoms with Gasteiger partial charge in [-0.2, -0.15) is 9.61 Å². The highest BCUT2D eigenvalue weighted by Gasteiger charge is 2.24. The van der Waals surface area contributed by atoms with E-state index in [-0.39, 0.29) is 36.3 Å². The first-order valence-corrected chi connectivity index (χ1v) is 11.6. The van der Waals surface area contributed by atoms with Crippen LogP contribution < -0.4 is 15.8 Å². The minimum absolute atomic E-state index is 0.00426. The van der Waals surface area contributed by atoms with Crippen LogP contribution in [0.5, 0.6) is 5.75 Å². The van der Waals surface area contributed by atoms with Crippen LogP contribution >= 0.6 is 0 Å². The highest BCUT2D eigenvalue weighted by molar-refractivity contribution is 5.66. The zero-order chi connectivity index (χ0) is 24.4. The first-order chi connectivity index (χ1) is 17.0. The zero-order valence-corrected chi connectivity index (χ0v) is 19.0. The van der Waals surface area contributed by atoms with E-state index in [2.05, 4.69) is 20.4 Å². The monoisotopic (exact) mass is 480 g/mol. The Bertz CT molecular complexity index is 1320. The highest BCUT2D eigenvalue weighted by atomic mass is 19.1. The number of aliphatic hydroxyl groups is 1. The molecule has 1 aliphatic rings. The van der Waals surface area contributed by atoms with Gasteiger partial charge in [0.25, 0.3) is 0 Å². The Labute approximate surface area is 200 Å². The first-order valence-electron chi connectivity index (χ1n) is 11.6. The van der Waals surface area contributed by atoms with Crippen molar-refractivity contribution < 1.29 is 18.6 Å². The zero-order valence-electron chi connectivity index (χ0n) is 19.0. The number of benzene rings is 1. The van der Waals surface area contributed by atoms with Crippen molar-refractivity contribution in [2.45, 2.75) is 37.6 Å². The summed E-state index contributed by atoms with van der Waals surface area (Å²) in [7, 11) is 0. The molecule has 4 aromatic rings. The number of fused-ring (bicyclic) bond motifs is 1. The van der Waals surface area contributed by atoms with Gasteiger partial charge in [0.05, 0.1) is 41.5 Å². The second kappa shape index (κ2) is 9.93. The number of hydrogen-bond acceptors (Lipinski definition) is 7. The molecule has 10 heteroatoms. The Hall–Kier alpha value is -3.63. The molecule has 5 rings (SSSR count). The predicted octanol–water partition coefficient (Wildman–Crippen LogP) is 4.17. The molecule has 0 unspecified atom stereocenters. The number of ether oxygens (including phenoxy) is 1. The molecule has 1 saturated carbocycles. The van der Waals surface area contributed by atoms with Gasteiger partial charge in [-0.15, -0.1) is 0 Å². The summed E-state index contributed by atoms with van der Waals surface area (Å²) in [5, 5.41) is 16.6. The normalized spacial score (nSPS) is 18.1. The van der Waals surface area contributed by atoms with Crippen molar-refractivity contribution in [2.75, 3.05) is 18.5 Å². The fourth-order valence-electron chi connectivity index (χ4n) is 4.64. The third-order valence-corrected chi connectivity index (χ3v) is 6.27. The number of aromatic nitrogens is 4. The Morgan fingerprint density at radius 2 is 1.97 bits per heavy atom. The lowest BCUT2D eigenvalue weighted by Gasteiger charge is -2.28. The van der Waals surface area contributed by atoms with E-state index in [1.807, 2.05) is 6.07 Å². The molecule has 182 valence electrons. The molecule has 4 N–H and O–H groups in total. The molecule has 0 saturated heterocycles. The second-order valence-corrected chi connectivity index (χ2v) is 8.68. The smallest absolute Gasteiger partial charge is 0.229 e. The van der Waals surface area contributed by atoms with Gasteiger partial charge in [0, 0.05) is 24.4 Å². The van der Waals surface area contributed by atoms with Crippen LogP contribution in [0.1, 0.15) is 37.2 Å². The van der Waals surface area contributed by atoms with Gasteiger partial charge in [-0.3, -0.25) is 4.98 Å². The molecule has 2 atom stereocenters. The summed E-state index contributed by atoms with van der Waals surface area (Å²) in [6.45, 7) is -0.318. The molecule has 0 bridgehead atoms. The number of nitrogens with two attached hydrogens (primary N) is 1. The van der Waals surface area contributed by atoms with Gasteiger partial charge in [0.1, 0.15) is 24.0 Å². The van der Waals surface area contributed by atoms with Crippen molar-refractivity contribution >= 4 is 17.2 Å². The summed E-state index contributed by atoms with van der Waals surface area (Å²) >= 11 is 0. The van der Waals surface area contributed by atoms with Crippen LogP contribution in [-0.2, 0) is 0 Å². The van der Waals surface area contributed by atoms with Crippen molar-refractivity contribution in [3.8, 4) is 17.0 Å². The average molecular weight is 481 g/mol. The number of halogens is 2. The van der Waals surface area contributed by atoms with Crippen LogP contribution in [0.25, 0.3) is 16.8 Å². The maximum Gasteiger partial charge on any atom is 0.229 e. The molecule has 0 aliphatic heterocycles. The summed E-state index contributed by atoms with van der Waals surface area (Å²) in [5.74, 6) is -0.922. The lowest BCUT2D eigenvalue weighted by atomic mass is 9.81. The number of imidazole rings is 1. The highest BCUT2D eigenvalue weighted by Crippen LogP contribution is 2.36. The van der Waals surface area contributed by atoms with Crippen molar-refractivity contribution in [1.29, 1.82) is 0 Å². The molecular formula is C25H26F2N6O2. The van der Waals surface area contributed by atoms with Gasteiger partial charge in [-0.05, 0) is 48.9 Å². The van der Waals surface area contributed by atoms with Gasteiger partial charge in [-0.25, -0.2) is 13.8 Å². The number of anilines is 2. The summed E-state index contributed by atoms with van der Waals surface area (Å²) in [4.78, 5) is 8.68. The molecule has 0 spiro atoms. The van der Waals surface area contributed by atoms with Gasteiger partial charge in [0.2, 0.25) is 5.95 Å². The SMILES string of the molecule is N[C@H]1CCC[C@@H](c2ccncc2Nc2ncc3ccc(-c4c(F)cc(OCCO)cc4F)nn23)C1. The van der Waals surface area contributed by atoms with E-state index in [0.717, 1.165) is 49.1 Å². The van der Waals surface area contributed by atoms with E-state index < -0.39 is 11.6 Å². The van der Waals surface area contributed by atoms with Crippen molar-refractivity contribution in [3.05, 3.63) is 66.1 Å². The molecule has 35 heavy (non-hydrogen) atoms. The van der Waals surface area contributed by atoms with Gasteiger partial charge in [-0.1, -0.05) is 6.42 Å². The summed E-state index contributed by atoms with van der Waals surface area (Å²) in [5.41, 5.74) is 8.60. The van der Waals surface area contributed by atoms with Gasteiger partial charge in [0.15, 0.2) is 0 Å². The minimum atomic E-state index is -0.817. The number of pyridine rings is 1. The summed E-state index contributed by atoms with van der Waals surface area (Å²) < 4.78 is 36.2. The molecule has 3 heterocycles. The molecule has 1 aliphatic carbocycles. The lowest BCUT2D eigenvalue weighted by molar-refractivity contribution is 0.200. The Morgan fingerprint density at radius 3 is 2.74 bits per heavy atom. The number of nitrogens with zero attached hydrogens (tertiary/aromatic N) is 4. The van der Waals surface area contributed by atoms with E-state index in [4.69, 9.17) is 15.6 Å². The van der Waals surface area contributed by atoms with Crippen LogP contribution in [-0.4, -0.2) is 43.9 Å². The van der Waals surface area contributed by atoms with Crippen LogP contribution in [0, 0.1) is 11.6 Å². The standard InChI is InChI=1S/C25H26F2N6O2/c26-20-11-18(35-9-8-34)12-21(27)24(20)22-5-4-17-13-30-25(33(17)32-22)31-23-14-29-7-6-19(23)15-2-1-3-16(28)10-15/h4-7,11-16,34H,1-3,8-10,28H2,(H,30,31)/t15-,16+/m1/s1. The molecule has 1 aromatic carbocycles. The van der Waals surface area contributed by atoms with Crippen LogP contribution in [0.15, 0.2) is 48.9 Å². The van der Waals surface area contributed by atoms with E-state index in [1.165, 1.54) is 10.6 Å². The Morgan fingerprint density at radius 1 is 1.14 bits per heavy atom. The molecule has 0 amide bonds. The number of nitrogens with one attached hydrogen (secondary N) is 1. The first kappa shape index (κ1) is 23.1. The van der Waals surface area contributed by atoms with E-state index in [1.54, 1.807) is 24.7 Å². The van der Waals surface area contributed by atoms with Crippen molar-refractivity contribution in [2.24, 2.45) is 5.73 Å². The Balaban J connectivity index is 1.48. The Kier molecular flexibility index (Phi) is 6.56. The number of aliphatic hydroxyl groups excluding tert-OH is 1. The lowest BCUT2D eigenvalue weighted by Crippen LogP contribution is -2.27. The van der Waals surface area contributed by atoms with Crippen molar-refractivity contribution in [1.82, 2.24) is 19.6 Å². The minimum Gasteiger partial charge on any atom is -0.491 e. The van der Waals surface area contributed by atoms with Crippen LogP contribution in [0.2, 0.25) is 0 Å². The maximum atomic E-state index is 14.8. The summed E-state index contributed by atoms with van der Waals surface area (Å²) in [6, 6.07) is 7.55. The van der Waals surface area contributed by atoms with Gasteiger partial charge < -0.3 is 20.9 Å². The molecule has 3 aromatic heterocycles. The number of hydrogen-bond donors (Lipinski definition) is 3. The van der Waals surface area contributed by atoms with Crippen molar-refractivity contribution in [3.63, 3.8) is 0 Å². The molecule has 1 fully saturated rings. The fourth-order valence-corrected chi connectivity index (χ4v) is 4.64. The quantitative estimate of drug-likeness (QED) is 0.364. The topological polar surface area (TPSA) is 111 Å². The average Bonchev–Trinajstić information content (AvgIpc) is 3.25. The second-order valence-electron chi connectivity index (χ2n) is 8.68. The van der Waals surface area contributed by atoms with E-state index in [9.17, 15) is 8.78 Å². The molecule has 8 nitrogen and oxygen atoms in total. The fraction of sp³-hybridized carbons (Fsp3) is 0.320. The van der Waals surface area contributed by atoms with Gasteiger partial charge >= 0.3 is 0 Å². The van der Waals surface area contributed by atoms with E-state index >= 15 is 0 Å². The summed E-state index contributed by atoms with van der Waals surface area (Å²) in [6.07, 6.45) is 9.19. The largest absolute Gasteiger partial charge is 0.491 e. The van der Waals surface area contributed by atoms with E-state index in [0.29, 0.717) is 17.4 Å². The third kappa shape index (κ3) is 4.80. The number of rotatable bonds is 7. The molecule has 0 radical (unpaired) electrons. The van der Waals surface area contributed by atoms with Crippen LogP contribution in [0.4, 0.5) is 20.4 Å². The molecular weight excluding hydrogens is 454 g/mol. The predicted molar refractivity (Wildman–Crippen MR) is 128 cm³/mol. The maximum absolute atomic E-state index is 14.8.